The largest absolute Gasteiger partial charge is 0.439 e. The van der Waals surface area contributed by atoms with Gasteiger partial charge < -0.3 is 5.32 Å². The van der Waals surface area contributed by atoms with E-state index in [2.05, 4.69) is 35.2 Å². The molecule has 4 aromatic rings. The molecule has 4 rings (SSSR count). The summed E-state index contributed by atoms with van der Waals surface area (Å²) in [6.45, 7) is 0. The van der Waals surface area contributed by atoms with Crippen LogP contribution in [0.2, 0.25) is 0 Å². The highest BCUT2D eigenvalue weighted by atomic mass is 16.5. The van der Waals surface area contributed by atoms with E-state index in [0.29, 0.717) is 11.3 Å². The zero-order chi connectivity index (χ0) is 17.9. The third-order valence-corrected chi connectivity index (χ3v) is 3.66. The Labute approximate surface area is 146 Å². The van der Waals surface area contributed by atoms with Crippen LogP contribution >= 0.6 is 0 Å². The maximum Gasteiger partial charge on any atom is 0.439 e. The van der Waals surface area contributed by atoms with E-state index < -0.39 is 5.76 Å². The predicted octanol–water partition coefficient (Wildman–Crippen LogP) is 2.07. The quantitative estimate of drug-likeness (QED) is 0.518. The van der Waals surface area contributed by atoms with Crippen LogP contribution in [0.1, 0.15) is 10.5 Å². The Hall–Kier alpha value is -4.01. The summed E-state index contributed by atoms with van der Waals surface area (Å²) in [5, 5.41) is 13.0. The number of benzene rings is 1. The first kappa shape index (κ1) is 15.5. The molecule has 9 nitrogen and oxygen atoms in total. The van der Waals surface area contributed by atoms with Crippen molar-refractivity contribution in [1.29, 1.82) is 0 Å². The van der Waals surface area contributed by atoms with Crippen LogP contribution in [-0.2, 0) is 0 Å². The molecule has 3 heterocycles. The highest BCUT2D eigenvalue weighted by molar-refractivity contribution is 6.03. The molecular formula is C17H12N6O3. The van der Waals surface area contributed by atoms with Crippen LogP contribution in [0.25, 0.3) is 22.5 Å². The molecule has 128 valence electrons. The van der Waals surface area contributed by atoms with Crippen molar-refractivity contribution in [2.45, 2.75) is 0 Å². The molecule has 0 spiro atoms. The number of pyridine rings is 1. The fraction of sp³-hybridized carbons (Fsp3) is 0. The van der Waals surface area contributed by atoms with Gasteiger partial charge in [0.15, 0.2) is 5.82 Å². The second-order valence-electron chi connectivity index (χ2n) is 5.40. The minimum Gasteiger partial charge on any atom is -0.321 e. The molecule has 1 aromatic carbocycles. The van der Waals surface area contributed by atoms with E-state index in [4.69, 9.17) is 0 Å². The Morgan fingerprint density at radius 2 is 2.00 bits per heavy atom. The zero-order valence-electron chi connectivity index (χ0n) is 13.3. The Morgan fingerprint density at radius 1 is 1.08 bits per heavy atom. The summed E-state index contributed by atoms with van der Waals surface area (Å²) in [4.78, 5) is 30.1. The van der Waals surface area contributed by atoms with Crippen LogP contribution < -0.4 is 11.1 Å². The molecule has 3 N–H and O–H groups in total. The van der Waals surface area contributed by atoms with Crippen molar-refractivity contribution in [3.63, 3.8) is 0 Å². The van der Waals surface area contributed by atoms with Gasteiger partial charge in [-0.25, -0.2) is 4.79 Å². The number of rotatable bonds is 4. The fourth-order valence-corrected chi connectivity index (χ4v) is 2.40. The lowest BCUT2D eigenvalue weighted by Gasteiger charge is -2.06. The van der Waals surface area contributed by atoms with Crippen molar-refractivity contribution in [3.8, 4) is 22.5 Å². The number of anilines is 1. The number of amides is 1. The van der Waals surface area contributed by atoms with Gasteiger partial charge in [0.05, 0.1) is 6.20 Å². The third kappa shape index (κ3) is 3.13. The first-order valence-electron chi connectivity index (χ1n) is 7.62. The van der Waals surface area contributed by atoms with Crippen molar-refractivity contribution in [2.75, 3.05) is 5.32 Å². The summed E-state index contributed by atoms with van der Waals surface area (Å²) < 4.78 is 4.49. The Bertz CT molecular complexity index is 1100. The smallest absolute Gasteiger partial charge is 0.321 e. The lowest BCUT2D eigenvalue weighted by atomic mass is 10.1. The maximum absolute atomic E-state index is 12.4. The average Bonchev–Trinajstić information content (AvgIpc) is 3.34. The van der Waals surface area contributed by atoms with Gasteiger partial charge in [0.1, 0.15) is 5.69 Å². The number of hydrogen-bond acceptors (Lipinski definition) is 6. The van der Waals surface area contributed by atoms with Crippen molar-refractivity contribution < 1.29 is 9.32 Å². The summed E-state index contributed by atoms with van der Waals surface area (Å²) >= 11 is 0. The molecule has 1 amide bonds. The highest BCUT2D eigenvalue weighted by Crippen LogP contribution is 2.20. The van der Waals surface area contributed by atoms with E-state index in [9.17, 15) is 9.59 Å². The summed E-state index contributed by atoms with van der Waals surface area (Å²) in [5.74, 6) is -0.709. The van der Waals surface area contributed by atoms with Gasteiger partial charge in [-0.1, -0.05) is 23.4 Å². The van der Waals surface area contributed by atoms with Gasteiger partial charge in [0.25, 0.3) is 5.91 Å². The summed E-state index contributed by atoms with van der Waals surface area (Å²) in [6.07, 6.45) is 5.03. The van der Waals surface area contributed by atoms with Gasteiger partial charge in [-0.15, -0.1) is 0 Å². The van der Waals surface area contributed by atoms with Crippen LogP contribution in [0, 0.1) is 0 Å². The molecule has 0 radical (unpaired) electrons. The van der Waals surface area contributed by atoms with Gasteiger partial charge in [0, 0.05) is 34.8 Å². The van der Waals surface area contributed by atoms with Gasteiger partial charge in [0.2, 0.25) is 0 Å². The Kier molecular flexibility index (Phi) is 3.86. The van der Waals surface area contributed by atoms with Crippen molar-refractivity contribution in [1.82, 2.24) is 25.3 Å². The van der Waals surface area contributed by atoms with Gasteiger partial charge in [-0.3, -0.25) is 24.4 Å². The number of H-pyrrole nitrogens is 2. The molecule has 0 unspecified atom stereocenters. The standard InChI is InChI=1S/C17H12N6O3/c24-16(14-5-4-11(7-18-14)12-8-19-20-9-12)21-13-3-1-2-10(6-13)15-22-17(25)26-23-15/h1-9H,(H,19,20)(H,21,24)(H,22,23,25). The van der Waals surface area contributed by atoms with Crippen molar-refractivity contribution in [2.24, 2.45) is 0 Å². The molecule has 9 heteroatoms. The lowest BCUT2D eigenvalue weighted by molar-refractivity contribution is 0.102. The molecule has 0 aliphatic heterocycles. The van der Waals surface area contributed by atoms with Crippen molar-refractivity contribution >= 4 is 11.6 Å². The summed E-state index contributed by atoms with van der Waals surface area (Å²) in [6, 6.07) is 10.3. The first-order valence-corrected chi connectivity index (χ1v) is 7.62. The Balaban J connectivity index is 1.52. The number of hydrogen-bond donors (Lipinski definition) is 3. The minimum absolute atomic E-state index is 0.275. The summed E-state index contributed by atoms with van der Waals surface area (Å²) in [7, 11) is 0. The van der Waals surface area contributed by atoms with Crippen LogP contribution in [0.5, 0.6) is 0 Å². The Morgan fingerprint density at radius 3 is 2.69 bits per heavy atom. The van der Waals surface area contributed by atoms with E-state index in [0.717, 1.165) is 11.1 Å². The second kappa shape index (κ2) is 6.48. The van der Waals surface area contributed by atoms with Crippen LogP contribution in [0.3, 0.4) is 0 Å². The van der Waals surface area contributed by atoms with Gasteiger partial charge in [-0.2, -0.15) is 5.10 Å². The fourth-order valence-electron chi connectivity index (χ4n) is 2.40. The first-order chi connectivity index (χ1) is 12.7. The number of aromatic nitrogens is 5. The average molecular weight is 348 g/mol. The predicted molar refractivity (Wildman–Crippen MR) is 92.3 cm³/mol. The van der Waals surface area contributed by atoms with E-state index in [-0.39, 0.29) is 17.4 Å². The molecule has 0 atom stereocenters. The zero-order valence-corrected chi connectivity index (χ0v) is 13.3. The van der Waals surface area contributed by atoms with E-state index in [1.165, 1.54) is 0 Å². The maximum atomic E-state index is 12.4. The molecule has 0 bridgehead atoms. The van der Waals surface area contributed by atoms with E-state index >= 15 is 0 Å². The molecule has 0 saturated heterocycles. The number of nitrogens with one attached hydrogen (secondary N) is 3. The molecule has 3 aromatic heterocycles. The third-order valence-electron chi connectivity index (χ3n) is 3.66. The van der Waals surface area contributed by atoms with E-state index in [1.807, 2.05) is 0 Å². The molecule has 26 heavy (non-hydrogen) atoms. The van der Waals surface area contributed by atoms with Crippen LogP contribution in [0.15, 0.2) is 64.3 Å². The minimum atomic E-state index is -0.642. The van der Waals surface area contributed by atoms with Gasteiger partial charge in [-0.05, 0) is 18.2 Å². The van der Waals surface area contributed by atoms with E-state index in [1.54, 1.807) is 55.0 Å². The monoisotopic (exact) mass is 348 g/mol. The highest BCUT2D eigenvalue weighted by Gasteiger charge is 2.10. The number of carbonyl (C=O) groups excluding carboxylic acids is 1. The summed E-state index contributed by atoms with van der Waals surface area (Å²) in [5.41, 5.74) is 3.16. The number of aromatic amines is 2. The number of carbonyl (C=O) groups is 1. The molecule has 0 aliphatic rings. The molecule has 0 fully saturated rings. The van der Waals surface area contributed by atoms with Crippen LogP contribution in [-0.4, -0.2) is 31.2 Å². The molecule has 0 saturated carbocycles. The number of nitrogens with zero attached hydrogens (tertiary/aromatic N) is 3. The topological polar surface area (TPSA) is 130 Å². The van der Waals surface area contributed by atoms with Gasteiger partial charge >= 0.3 is 5.76 Å². The second-order valence-corrected chi connectivity index (χ2v) is 5.40. The SMILES string of the molecule is O=C(Nc1cccc(-c2noc(=O)[nH]2)c1)c1ccc(-c2cn[nH]c2)cn1. The molecular weight excluding hydrogens is 336 g/mol. The molecule has 0 aliphatic carbocycles. The normalized spacial score (nSPS) is 10.6. The van der Waals surface area contributed by atoms with Crippen molar-refractivity contribution in [3.05, 3.63) is 71.2 Å². The van der Waals surface area contributed by atoms with Crippen LogP contribution in [0.4, 0.5) is 5.69 Å². The lowest BCUT2D eigenvalue weighted by Crippen LogP contribution is -2.13.